The monoisotopic (exact) mass is 240 g/mol. The summed E-state index contributed by atoms with van der Waals surface area (Å²) < 4.78 is 6.92. The van der Waals surface area contributed by atoms with Gasteiger partial charge in [-0.2, -0.15) is 5.10 Å². The van der Waals surface area contributed by atoms with E-state index >= 15 is 0 Å². The molecule has 1 aromatic heterocycles. The van der Waals surface area contributed by atoms with E-state index in [0.29, 0.717) is 19.1 Å². The van der Waals surface area contributed by atoms with E-state index in [1.165, 1.54) is 0 Å². The summed E-state index contributed by atoms with van der Waals surface area (Å²) in [4.78, 5) is 4.27. The molecular formula is C10H20N6O. The Labute approximate surface area is 101 Å². The van der Waals surface area contributed by atoms with Gasteiger partial charge < -0.3 is 10.1 Å². The zero-order chi connectivity index (χ0) is 12.5. The first-order valence-corrected chi connectivity index (χ1v) is 5.60. The number of nitrogens with two attached hydrogens (primary N) is 1. The Morgan fingerprint density at radius 1 is 1.65 bits per heavy atom. The predicted octanol–water partition coefficient (Wildman–Crippen LogP) is 0.0779. The lowest BCUT2D eigenvalue weighted by Gasteiger charge is -2.06. The number of hydrogen-bond acceptors (Lipinski definition) is 4. The van der Waals surface area contributed by atoms with Gasteiger partial charge in [-0.25, -0.2) is 5.84 Å². The highest BCUT2D eigenvalue weighted by Crippen LogP contribution is 2.02. The number of anilines is 1. The van der Waals surface area contributed by atoms with Gasteiger partial charge in [0.1, 0.15) is 0 Å². The fraction of sp³-hybridized carbons (Fsp3) is 0.600. The molecule has 0 aliphatic heterocycles. The Morgan fingerprint density at radius 3 is 3.06 bits per heavy atom. The molecule has 0 fully saturated rings. The second-order valence-electron chi connectivity index (χ2n) is 3.45. The Bertz CT molecular complexity index is 348. The highest BCUT2D eigenvalue weighted by Gasteiger charge is 1.99. The Morgan fingerprint density at radius 2 is 2.47 bits per heavy atom. The van der Waals surface area contributed by atoms with Gasteiger partial charge in [0.15, 0.2) is 0 Å². The van der Waals surface area contributed by atoms with Crippen molar-refractivity contribution in [1.29, 1.82) is 0 Å². The van der Waals surface area contributed by atoms with Crippen molar-refractivity contribution in [1.82, 2.24) is 15.2 Å². The van der Waals surface area contributed by atoms with Crippen molar-refractivity contribution in [3.8, 4) is 0 Å². The Balaban J connectivity index is 2.34. The summed E-state index contributed by atoms with van der Waals surface area (Å²) in [6.45, 7) is 4.08. The molecule has 0 aliphatic carbocycles. The SMILES string of the molecule is CCOCCCN=C(NN)Nc1cnn(C)c1. The molecule has 17 heavy (non-hydrogen) atoms. The second kappa shape index (κ2) is 7.64. The number of aliphatic imine (C=N–C) groups is 1. The summed E-state index contributed by atoms with van der Waals surface area (Å²) in [6, 6.07) is 0. The summed E-state index contributed by atoms with van der Waals surface area (Å²) in [6.07, 6.45) is 4.41. The Kier molecular flexibility index (Phi) is 6.05. The summed E-state index contributed by atoms with van der Waals surface area (Å²) in [5.41, 5.74) is 3.35. The summed E-state index contributed by atoms with van der Waals surface area (Å²) in [7, 11) is 1.85. The van der Waals surface area contributed by atoms with Crippen molar-refractivity contribution in [3.63, 3.8) is 0 Å². The molecule has 0 spiro atoms. The average Bonchev–Trinajstić information content (AvgIpc) is 2.73. The molecule has 0 saturated carbocycles. The van der Waals surface area contributed by atoms with Crippen molar-refractivity contribution in [2.24, 2.45) is 17.9 Å². The van der Waals surface area contributed by atoms with E-state index in [-0.39, 0.29) is 0 Å². The Hall–Kier alpha value is -1.60. The number of ether oxygens (including phenoxy) is 1. The molecule has 1 rings (SSSR count). The van der Waals surface area contributed by atoms with Gasteiger partial charge in [0.05, 0.1) is 11.9 Å². The molecule has 0 atom stereocenters. The fourth-order valence-corrected chi connectivity index (χ4v) is 1.25. The summed E-state index contributed by atoms with van der Waals surface area (Å²) in [5, 5.41) is 7.07. The lowest BCUT2D eigenvalue weighted by atomic mass is 10.4. The first kappa shape index (κ1) is 13.5. The van der Waals surface area contributed by atoms with Crippen LogP contribution in [0, 0.1) is 0 Å². The topological polar surface area (TPSA) is 89.5 Å². The van der Waals surface area contributed by atoms with Crippen LogP contribution in [-0.4, -0.2) is 35.5 Å². The molecule has 7 nitrogen and oxygen atoms in total. The number of nitrogens with zero attached hydrogens (tertiary/aromatic N) is 3. The fourth-order valence-electron chi connectivity index (χ4n) is 1.25. The first-order valence-electron chi connectivity index (χ1n) is 5.60. The molecule has 0 radical (unpaired) electrons. The van der Waals surface area contributed by atoms with Crippen molar-refractivity contribution in [2.75, 3.05) is 25.1 Å². The maximum Gasteiger partial charge on any atom is 0.210 e. The van der Waals surface area contributed by atoms with Crippen LogP contribution in [0.2, 0.25) is 0 Å². The minimum Gasteiger partial charge on any atom is -0.382 e. The van der Waals surface area contributed by atoms with E-state index in [2.05, 4.69) is 20.8 Å². The lowest BCUT2D eigenvalue weighted by Crippen LogP contribution is -2.36. The standard InChI is InChI=1S/C10H20N6O/c1-3-17-6-4-5-12-10(15-11)14-9-7-13-16(2)8-9/h7-8H,3-6,11H2,1-2H3,(H2,12,14,15). The largest absolute Gasteiger partial charge is 0.382 e. The molecule has 0 bridgehead atoms. The molecular weight excluding hydrogens is 220 g/mol. The number of nitrogens with one attached hydrogen (secondary N) is 2. The third kappa shape index (κ3) is 5.32. The molecule has 0 saturated heterocycles. The van der Waals surface area contributed by atoms with E-state index < -0.39 is 0 Å². The highest BCUT2D eigenvalue weighted by atomic mass is 16.5. The minimum absolute atomic E-state index is 0.523. The van der Waals surface area contributed by atoms with E-state index in [1.54, 1.807) is 10.9 Å². The van der Waals surface area contributed by atoms with Crippen LogP contribution in [0.1, 0.15) is 13.3 Å². The third-order valence-corrected chi connectivity index (χ3v) is 2.03. The number of aromatic nitrogens is 2. The van der Waals surface area contributed by atoms with E-state index in [0.717, 1.165) is 18.7 Å². The van der Waals surface area contributed by atoms with Crippen molar-refractivity contribution in [2.45, 2.75) is 13.3 Å². The van der Waals surface area contributed by atoms with Crippen molar-refractivity contribution in [3.05, 3.63) is 12.4 Å². The average molecular weight is 240 g/mol. The highest BCUT2D eigenvalue weighted by molar-refractivity contribution is 5.92. The van der Waals surface area contributed by atoms with Crippen molar-refractivity contribution < 1.29 is 4.74 Å². The number of hydrazine groups is 1. The molecule has 0 amide bonds. The maximum absolute atomic E-state index is 5.37. The minimum atomic E-state index is 0.523. The quantitative estimate of drug-likeness (QED) is 0.215. The molecule has 0 aromatic carbocycles. The molecule has 0 aliphatic rings. The van der Waals surface area contributed by atoms with Crippen LogP contribution < -0.4 is 16.6 Å². The van der Waals surface area contributed by atoms with E-state index in [9.17, 15) is 0 Å². The second-order valence-corrected chi connectivity index (χ2v) is 3.45. The zero-order valence-corrected chi connectivity index (χ0v) is 10.3. The van der Waals surface area contributed by atoms with Gasteiger partial charge in [-0.3, -0.25) is 15.1 Å². The van der Waals surface area contributed by atoms with Crippen LogP contribution in [-0.2, 0) is 11.8 Å². The van der Waals surface area contributed by atoms with Crippen LogP contribution in [0.3, 0.4) is 0 Å². The van der Waals surface area contributed by atoms with Gasteiger partial charge in [0.25, 0.3) is 0 Å². The van der Waals surface area contributed by atoms with Gasteiger partial charge in [-0.05, 0) is 13.3 Å². The van der Waals surface area contributed by atoms with Crippen LogP contribution in [0.4, 0.5) is 5.69 Å². The normalized spacial score (nSPS) is 11.6. The van der Waals surface area contributed by atoms with E-state index in [4.69, 9.17) is 10.6 Å². The first-order chi connectivity index (χ1) is 8.26. The van der Waals surface area contributed by atoms with E-state index in [1.807, 2.05) is 20.2 Å². The smallest absolute Gasteiger partial charge is 0.210 e. The lowest BCUT2D eigenvalue weighted by molar-refractivity contribution is 0.146. The van der Waals surface area contributed by atoms with Gasteiger partial charge in [-0.15, -0.1) is 0 Å². The molecule has 0 unspecified atom stereocenters. The van der Waals surface area contributed by atoms with Gasteiger partial charge >= 0.3 is 0 Å². The molecule has 1 aromatic rings. The van der Waals surface area contributed by atoms with Crippen LogP contribution in [0.5, 0.6) is 0 Å². The summed E-state index contributed by atoms with van der Waals surface area (Å²) >= 11 is 0. The molecule has 4 N–H and O–H groups in total. The zero-order valence-electron chi connectivity index (χ0n) is 10.3. The van der Waals surface area contributed by atoms with Crippen molar-refractivity contribution >= 4 is 11.6 Å². The van der Waals surface area contributed by atoms with Gasteiger partial charge in [0, 0.05) is 33.0 Å². The molecule has 1 heterocycles. The number of hydrogen-bond donors (Lipinski definition) is 3. The van der Waals surface area contributed by atoms with Crippen LogP contribution in [0.25, 0.3) is 0 Å². The summed E-state index contributed by atoms with van der Waals surface area (Å²) in [5.74, 6) is 5.89. The van der Waals surface area contributed by atoms with Gasteiger partial charge in [-0.1, -0.05) is 0 Å². The number of rotatable bonds is 6. The van der Waals surface area contributed by atoms with Gasteiger partial charge in [0.2, 0.25) is 5.96 Å². The molecule has 96 valence electrons. The van der Waals surface area contributed by atoms with Crippen LogP contribution in [0.15, 0.2) is 17.4 Å². The number of guanidine groups is 1. The predicted molar refractivity (Wildman–Crippen MR) is 67.6 cm³/mol. The molecule has 7 heteroatoms. The van der Waals surface area contributed by atoms with Crippen LogP contribution >= 0.6 is 0 Å². The number of aryl methyl sites for hydroxylation is 1. The maximum atomic E-state index is 5.37. The third-order valence-electron chi connectivity index (χ3n) is 2.03.